The van der Waals surface area contributed by atoms with Gasteiger partial charge in [-0.25, -0.2) is 0 Å². The zero-order valence-electron chi connectivity index (χ0n) is 6.21. The second-order valence-corrected chi connectivity index (χ2v) is 2.24. The lowest BCUT2D eigenvalue weighted by Crippen LogP contribution is -1.78. The molecule has 0 amide bonds. The average Bonchev–Trinajstić information content (AvgIpc) is 1.91. The van der Waals surface area contributed by atoms with E-state index in [1.165, 1.54) is 18.4 Å². The van der Waals surface area contributed by atoms with Crippen LogP contribution in [0.3, 0.4) is 0 Å². The number of hydrogen-bond acceptors (Lipinski definition) is 0. The lowest BCUT2D eigenvalue weighted by molar-refractivity contribution is 0.922. The minimum atomic E-state index is 0. The zero-order chi connectivity index (χ0) is 6.53. The smallest absolute Gasteiger partial charge is 0.114 e. The fourth-order valence-corrected chi connectivity index (χ4v) is 0.933. The first-order chi connectivity index (χ1) is 4.43. The molecule has 0 unspecified atom stereocenters. The van der Waals surface area contributed by atoms with Crippen LogP contribution in [-0.2, 0) is 6.42 Å². The number of hydrogen-bond donors (Lipinski definition) is 0. The van der Waals surface area contributed by atoms with Gasteiger partial charge in [0.1, 0.15) is 0 Å². The molecular formula is C9H15BrMg. The van der Waals surface area contributed by atoms with E-state index in [-0.39, 0.29) is 40.0 Å². The van der Waals surface area contributed by atoms with Crippen molar-refractivity contribution in [2.75, 3.05) is 0 Å². The van der Waals surface area contributed by atoms with Crippen molar-refractivity contribution in [2.45, 2.75) is 19.8 Å². The number of benzene rings is 1. The van der Waals surface area contributed by atoms with Crippen LogP contribution in [0.4, 0.5) is 0 Å². The largest absolute Gasteiger partial charge is 0.316 e. The maximum absolute atomic E-state index is 2.20. The van der Waals surface area contributed by atoms with Crippen LogP contribution >= 0.6 is 17.0 Å². The molecule has 60 valence electrons. The molecule has 0 aromatic heterocycles. The summed E-state index contributed by atoms with van der Waals surface area (Å²) >= 11 is 0. The SMILES string of the molecule is Br.CCCc1ccccc1.[MgH2]. The second kappa shape index (κ2) is 8.56. The first-order valence-corrected chi connectivity index (χ1v) is 3.47. The lowest BCUT2D eigenvalue weighted by atomic mass is 10.1. The molecule has 1 rings (SSSR count). The summed E-state index contributed by atoms with van der Waals surface area (Å²) in [7, 11) is 0. The highest BCUT2D eigenvalue weighted by Gasteiger charge is 1.84. The Morgan fingerprint density at radius 1 is 1.09 bits per heavy atom. The van der Waals surface area contributed by atoms with Crippen LogP contribution in [0.25, 0.3) is 0 Å². The van der Waals surface area contributed by atoms with Gasteiger partial charge >= 0.3 is 23.1 Å². The molecule has 0 radical (unpaired) electrons. The van der Waals surface area contributed by atoms with E-state index in [1.807, 2.05) is 0 Å². The summed E-state index contributed by atoms with van der Waals surface area (Å²) in [6.45, 7) is 2.20. The fraction of sp³-hybridized carbons (Fsp3) is 0.333. The van der Waals surface area contributed by atoms with E-state index >= 15 is 0 Å². The van der Waals surface area contributed by atoms with Crippen LogP contribution < -0.4 is 0 Å². The van der Waals surface area contributed by atoms with E-state index < -0.39 is 0 Å². The van der Waals surface area contributed by atoms with E-state index in [1.54, 1.807) is 0 Å². The van der Waals surface area contributed by atoms with Crippen molar-refractivity contribution in [3.8, 4) is 0 Å². The van der Waals surface area contributed by atoms with Gasteiger partial charge in [0.25, 0.3) is 0 Å². The van der Waals surface area contributed by atoms with Crippen LogP contribution in [-0.4, -0.2) is 23.1 Å². The van der Waals surface area contributed by atoms with Crippen molar-refractivity contribution in [1.29, 1.82) is 0 Å². The maximum Gasteiger partial charge on any atom is 0.316 e. The van der Waals surface area contributed by atoms with Crippen molar-refractivity contribution in [3.05, 3.63) is 35.9 Å². The summed E-state index contributed by atoms with van der Waals surface area (Å²) in [5, 5.41) is 0. The molecule has 0 saturated carbocycles. The van der Waals surface area contributed by atoms with Crippen molar-refractivity contribution >= 4 is 40.0 Å². The van der Waals surface area contributed by atoms with Gasteiger partial charge in [0.2, 0.25) is 0 Å². The van der Waals surface area contributed by atoms with Crippen LogP contribution in [0.15, 0.2) is 30.3 Å². The topological polar surface area (TPSA) is 0 Å². The summed E-state index contributed by atoms with van der Waals surface area (Å²) < 4.78 is 0. The lowest BCUT2D eigenvalue weighted by Gasteiger charge is -1.93. The molecule has 0 heterocycles. The summed E-state index contributed by atoms with van der Waals surface area (Å²) in [4.78, 5) is 0. The Morgan fingerprint density at radius 2 is 1.64 bits per heavy atom. The number of aryl methyl sites for hydroxylation is 1. The number of halogens is 1. The predicted molar refractivity (Wildman–Crippen MR) is 59.3 cm³/mol. The Hall–Kier alpha value is 0.466. The third-order valence-electron chi connectivity index (χ3n) is 1.38. The Kier molecular flexibility index (Phi) is 10.9. The molecular weight excluding hydrogens is 212 g/mol. The van der Waals surface area contributed by atoms with Gasteiger partial charge in [-0.05, 0) is 12.0 Å². The summed E-state index contributed by atoms with van der Waals surface area (Å²) in [5.41, 5.74) is 1.44. The van der Waals surface area contributed by atoms with Crippen molar-refractivity contribution < 1.29 is 0 Å². The standard InChI is InChI=1S/C9H12.BrH.Mg.2H/c1-2-6-9-7-4-3-5-8-9;;;;/h3-5,7-8H,2,6H2,1H3;1H;;;. The molecule has 0 aliphatic heterocycles. The fourth-order valence-electron chi connectivity index (χ4n) is 0.933. The van der Waals surface area contributed by atoms with Gasteiger partial charge < -0.3 is 0 Å². The third kappa shape index (κ3) is 5.71. The molecule has 1 aromatic carbocycles. The van der Waals surface area contributed by atoms with E-state index in [2.05, 4.69) is 37.3 Å². The maximum atomic E-state index is 2.20. The summed E-state index contributed by atoms with van der Waals surface area (Å²) in [6, 6.07) is 10.6. The highest BCUT2D eigenvalue weighted by atomic mass is 79.9. The molecule has 0 N–H and O–H groups in total. The molecule has 0 fully saturated rings. The third-order valence-corrected chi connectivity index (χ3v) is 1.38. The van der Waals surface area contributed by atoms with E-state index in [0.717, 1.165) is 0 Å². The average molecular weight is 227 g/mol. The van der Waals surface area contributed by atoms with Gasteiger partial charge in [0.05, 0.1) is 0 Å². The van der Waals surface area contributed by atoms with E-state index in [0.29, 0.717) is 0 Å². The molecule has 11 heavy (non-hydrogen) atoms. The zero-order valence-corrected chi connectivity index (χ0v) is 7.92. The Balaban J connectivity index is 0. The van der Waals surface area contributed by atoms with Crippen LogP contribution in [0, 0.1) is 0 Å². The van der Waals surface area contributed by atoms with Crippen LogP contribution in [0.5, 0.6) is 0 Å². The molecule has 0 aliphatic carbocycles. The van der Waals surface area contributed by atoms with Crippen molar-refractivity contribution in [2.24, 2.45) is 0 Å². The quantitative estimate of drug-likeness (QED) is 0.680. The van der Waals surface area contributed by atoms with Crippen LogP contribution in [0.2, 0.25) is 0 Å². The molecule has 0 saturated heterocycles. The molecule has 0 nitrogen and oxygen atoms in total. The Bertz CT molecular complexity index is 162. The highest BCUT2D eigenvalue weighted by molar-refractivity contribution is 8.93. The first-order valence-electron chi connectivity index (χ1n) is 3.47. The van der Waals surface area contributed by atoms with Gasteiger partial charge in [-0.15, -0.1) is 17.0 Å². The van der Waals surface area contributed by atoms with E-state index in [4.69, 9.17) is 0 Å². The molecule has 0 aliphatic rings. The van der Waals surface area contributed by atoms with Crippen molar-refractivity contribution in [3.63, 3.8) is 0 Å². The molecule has 0 atom stereocenters. The molecule has 1 aromatic rings. The molecule has 0 spiro atoms. The van der Waals surface area contributed by atoms with Gasteiger partial charge in [-0.3, -0.25) is 0 Å². The van der Waals surface area contributed by atoms with Gasteiger partial charge in [-0.1, -0.05) is 43.7 Å². The van der Waals surface area contributed by atoms with Crippen molar-refractivity contribution in [1.82, 2.24) is 0 Å². The van der Waals surface area contributed by atoms with Gasteiger partial charge in [0.15, 0.2) is 0 Å². The second-order valence-electron chi connectivity index (χ2n) is 2.24. The first kappa shape index (κ1) is 14.0. The summed E-state index contributed by atoms with van der Waals surface area (Å²) in [6.07, 6.45) is 2.45. The monoisotopic (exact) mass is 226 g/mol. The van der Waals surface area contributed by atoms with E-state index in [9.17, 15) is 0 Å². The minimum Gasteiger partial charge on any atom is -0.114 e. The van der Waals surface area contributed by atoms with Crippen LogP contribution in [0.1, 0.15) is 18.9 Å². The van der Waals surface area contributed by atoms with Gasteiger partial charge in [-0.2, -0.15) is 0 Å². The molecule has 0 bridgehead atoms. The van der Waals surface area contributed by atoms with Gasteiger partial charge in [0, 0.05) is 0 Å². The predicted octanol–water partition coefficient (Wildman–Crippen LogP) is 2.30. The Labute approximate surface area is 95.3 Å². The minimum absolute atomic E-state index is 0. The molecule has 2 heteroatoms. The Morgan fingerprint density at radius 3 is 2.09 bits per heavy atom. The normalized spacial score (nSPS) is 7.73. The summed E-state index contributed by atoms with van der Waals surface area (Å²) in [5.74, 6) is 0. The highest BCUT2D eigenvalue weighted by Crippen LogP contribution is 2.00. The number of rotatable bonds is 2.